The number of ether oxygens (including phenoxy) is 1. The number of methoxy groups -OCH3 is 1. The Balaban J connectivity index is 0.00000180. The Morgan fingerprint density at radius 2 is 2.21 bits per heavy atom. The molecule has 104 valence electrons. The Morgan fingerprint density at radius 1 is 1.42 bits per heavy atom. The number of amides is 1. The molecular weight excluding hydrogens is 268 g/mol. The Bertz CT molecular complexity index is 477. The summed E-state index contributed by atoms with van der Waals surface area (Å²) in [5.41, 5.74) is 2.65. The fourth-order valence-electron chi connectivity index (χ4n) is 2.04. The molecule has 5 nitrogen and oxygen atoms in total. The summed E-state index contributed by atoms with van der Waals surface area (Å²) in [6, 6.07) is 5.58. The lowest BCUT2D eigenvalue weighted by Crippen LogP contribution is -2.31. The van der Waals surface area contributed by atoms with Crippen LogP contribution in [0, 0.1) is 0 Å². The Kier molecular flexibility index (Phi) is 5.63. The van der Waals surface area contributed by atoms with Gasteiger partial charge in [-0.25, -0.2) is 0 Å². The summed E-state index contributed by atoms with van der Waals surface area (Å²) in [4.78, 5) is 23.0. The van der Waals surface area contributed by atoms with Gasteiger partial charge in [0.15, 0.2) is 0 Å². The number of carbonyl (C=O) groups is 2. The first kappa shape index (κ1) is 15.3. The van der Waals surface area contributed by atoms with Gasteiger partial charge in [0.25, 0.3) is 5.91 Å². The Hall–Kier alpha value is -1.75. The van der Waals surface area contributed by atoms with Crippen LogP contribution < -0.4 is 10.6 Å². The van der Waals surface area contributed by atoms with Gasteiger partial charge in [-0.1, -0.05) is 6.07 Å². The van der Waals surface area contributed by atoms with E-state index < -0.39 is 5.97 Å². The molecule has 1 aromatic carbocycles. The number of rotatable bonds is 3. The van der Waals surface area contributed by atoms with Gasteiger partial charge in [-0.05, 0) is 30.5 Å². The number of anilines is 1. The standard InChI is InChI=1S/C13H16N2O3.ClH/c1-18-12(16)8-15-13(17)10-4-2-6-11-9(10)5-3-7-14-11;/h2,4,6,14H,3,5,7-8H2,1H3,(H,15,17);1H. The van der Waals surface area contributed by atoms with Crippen molar-refractivity contribution in [3.63, 3.8) is 0 Å². The van der Waals surface area contributed by atoms with Crippen molar-refractivity contribution in [1.29, 1.82) is 0 Å². The summed E-state index contributed by atoms with van der Waals surface area (Å²) in [5.74, 6) is -0.688. The number of halogens is 1. The first-order valence-electron chi connectivity index (χ1n) is 5.93. The molecule has 0 saturated heterocycles. The molecule has 0 fully saturated rings. The van der Waals surface area contributed by atoms with Crippen molar-refractivity contribution < 1.29 is 14.3 Å². The Morgan fingerprint density at radius 3 is 2.95 bits per heavy atom. The zero-order chi connectivity index (χ0) is 13.0. The highest BCUT2D eigenvalue weighted by Crippen LogP contribution is 2.25. The first-order valence-corrected chi connectivity index (χ1v) is 5.93. The molecule has 6 heteroatoms. The van der Waals surface area contributed by atoms with Crippen LogP contribution in [0.1, 0.15) is 22.3 Å². The fourth-order valence-corrected chi connectivity index (χ4v) is 2.04. The van der Waals surface area contributed by atoms with Crippen LogP contribution in [-0.2, 0) is 16.0 Å². The second-order valence-electron chi connectivity index (χ2n) is 4.12. The van der Waals surface area contributed by atoms with Crippen LogP contribution in [-0.4, -0.2) is 32.1 Å². The van der Waals surface area contributed by atoms with Crippen LogP contribution in [0.2, 0.25) is 0 Å². The second-order valence-corrected chi connectivity index (χ2v) is 4.12. The van der Waals surface area contributed by atoms with Gasteiger partial charge in [0.1, 0.15) is 6.54 Å². The maximum atomic E-state index is 12.0. The predicted octanol–water partition coefficient (Wildman–Crippen LogP) is 1.37. The maximum Gasteiger partial charge on any atom is 0.325 e. The van der Waals surface area contributed by atoms with Gasteiger partial charge in [-0.3, -0.25) is 9.59 Å². The first-order chi connectivity index (χ1) is 8.72. The molecule has 1 amide bonds. The molecule has 1 aliphatic heterocycles. The van der Waals surface area contributed by atoms with Crippen LogP contribution in [0.5, 0.6) is 0 Å². The Labute approximate surface area is 118 Å². The molecule has 19 heavy (non-hydrogen) atoms. The number of esters is 1. The molecule has 0 aromatic heterocycles. The molecule has 0 atom stereocenters. The van der Waals surface area contributed by atoms with E-state index in [1.54, 1.807) is 6.07 Å². The van der Waals surface area contributed by atoms with E-state index in [9.17, 15) is 9.59 Å². The summed E-state index contributed by atoms with van der Waals surface area (Å²) in [5, 5.41) is 5.82. The molecule has 0 unspecified atom stereocenters. The van der Waals surface area contributed by atoms with Gasteiger partial charge in [0, 0.05) is 17.8 Å². The second kappa shape index (κ2) is 6.99. The SMILES string of the molecule is COC(=O)CNC(=O)c1cccc2c1CCCN2.Cl. The molecule has 1 heterocycles. The quantitative estimate of drug-likeness (QED) is 0.823. The van der Waals surface area contributed by atoms with E-state index in [1.165, 1.54) is 7.11 Å². The maximum absolute atomic E-state index is 12.0. The predicted molar refractivity (Wildman–Crippen MR) is 74.8 cm³/mol. The average Bonchev–Trinajstić information content (AvgIpc) is 2.43. The lowest BCUT2D eigenvalue weighted by molar-refractivity contribution is -0.139. The molecule has 2 rings (SSSR count). The molecule has 0 aliphatic carbocycles. The van der Waals surface area contributed by atoms with E-state index >= 15 is 0 Å². The number of fused-ring (bicyclic) bond motifs is 1. The van der Waals surface area contributed by atoms with Crippen LogP contribution >= 0.6 is 12.4 Å². The van der Waals surface area contributed by atoms with Crippen LogP contribution in [0.15, 0.2) is 18.2 Å². The molecule has 1 aliphatic rings. The third kappa shape index (κ3) is 3.61. The van der Waals surface area contributed by atoms with E-state index in [1.807, 2.05) is 12.1 Å². The number of carbonyl (C=O) groups excluding carboxylic acids is 2. The van der Waals surface area contributed by atoms with Crippen molar-refractivity contribution in [2.45, 2.75) is 12.8 Å². The average molecular weight is 285 g/mol. The van der Waals surface area contributed by atoms with Gasteiger partial charge in [0.05, 0.1) is 7.11 Å². The molecule has 1 aromatic rings. The van der Waals surface area contributed by atoms with Gasteiger partial charge in [-0.15, -0.1) is 12.4 Å². The molecule has 0 spiro atoms. The van der Waals surface area contributed by atoms with Crippen molar-refractivity contribution in [2.24, 2.45) is 0 Å². The van der Waals surface area contributed by atoms with Crippen LogP contribution in [0.4, 0.5) is 5.69 Å². The normalized spacial score (nSPS) is 12.5. The number of nitrogens with one attached hydrogen (secondary N) is 2. The minimum absolute atomic E-state index is 0. The summed E-state index contributed by atoms with van der Waals surface area (Å²) in [6.45, 7) is 0.826. The molecular formula is C13H17ClN2O3. The van der Waals surface area contributed by atoms with Crippen molar-refractivity contribution in [3.05, 3.63) is 29.3 Å². The lowest BCUT2D eigenvalue weighted by atomic mass is 9.97. The van der Waals surface area contributed by atoms with Crippen molar-refractivity contribution in [3.8, 4) is 0 Å². The number of hydrogen-bond donors (Lipinski definition) is 2. The highest BCUT2D eigenvalue weighted by atomic mass is 35.5. The number of hydrogen-bond acceptors (Lipinski definition) is 4. The smallest absolute Gasteiger partial charge is 0.325 e. The van der Waals surface area contributed by atoms with Crippen LogP contribution in [0.25, 0.3) is 0 Å². The van der Waals surface area contributed by atoms with Crippen LogP contribution in [0.3, 0.4) is 0 Å². The van der Waals surface area contributed by atoms with E-state index in [4.69, 9.17) is 0 Å². The molecule has 0 radical (unpaired) electrons. The molecule has 2 N–H and O–H groups in total. The summed E-state index contributed by atoms with van der Waals surface area (Å²) >= 11 is 0. The highest BCUT2D eigenvalue weighted by molar-refractivity contribution is 5.98. The van der Waals surface area contributed by atoms with E-state index in [2.05, 4.69) is 15.4 Å². The van der Waals surface area contributed by atoms with E-state index in [0.717, 1.165) is 30.6 Å². The van der Waals surface area contributed by atoms with Crippen molar-refractivity contribution >= 4 is 30.0 Å². The molecule has 0 saturated carbocycles. The zero-order valence-electron chi connectivity index (χ0n) is 10.7. The van der Waals surface area contributed by atoms with Crippen molar-refractivity contribution in [2.75, 3.05) is 25.5 Å². The summed E-state index contributed by atoms with van der Waals surface area (Å²) in [7, 11) is 1.29. The number of benzene rings is 1. The molecule has 0 bridgehead atoms. The zero-order valence-corrected chi connectivity index (χ0v) is 11.5. The summed E-state index contributed by atoms with van der Waals surface area (Å²) < 4.78 is 4.48. The largest absolute Gasteiger partial charge is 0.468 e. The van der Waals surface area contributed by atoms with Crippen molar-refractivity contribution in [1.82, 2.24) is 5.32 Å². The highest BCUT2D eigenvalue weighted by Gasteiger charge is 2.17. The lowest BCUT2D eigenvalue weighted by Gasteiger charge is -2.20. The third-order valence-electron chi connectivity index (χ3n) is 2.96. The summed E-state index contributed by atoms with van der Waals surface area (Å²) in [6.07, 6.45) is 1.89. The third-order valence-corrected chi connectivity index (χ3v) is 2.96. The van der Waals surface area contributed by atoms with Gasteiger partial charge < -0.3 is 15.4 Å². The fraction of sp³-hybridized carbons (Fsp3) is 0.385. The minimum atomic E-state index is -0.453. The minimum Gasteiger partial charge on any atom is -0.468 e. The van der Waals surface area contributed by atoms with E-state index in [0.29, 0.717) is 5.56 Å². The van der Waals surface area contributed by atoms with E-state index in [-0.39, 0.29) is 24.9 Å². The topological polar surface area (TPSA) is 67.4 Å². The monoisotopic (exact) mass is 284 g/mol. The van der Waals surface area contributed by atoms with Gasteiger partial charge in [0.2, 0.25) is 0 Å². The van der Waals surface area contributed by atoms with Gasteiger partial charge in [-0.2, -0.15) is 0 Å². The van der Waals surface area contributed by atoms with Gasteiger partial charge >= 0.3 is 5.97 Å².